The Hall–Kier alpha value is -4.26. The molecule has 1 heterocycles. The molecule has 3 aromatic rings. The first-order valence-electron chi connectivity index (χ1n) is 10.0. The molecule has 7 nitrogen and oxygen atoms in total. The number of rotatable bonds is 7. The number of ether oxygens (including phenoxy) is 3. The van der Waals surface area contributed by atoms with E-state index in [2.05, 4.69) is 10.6 Å². The van der Waals surface area contributed by atoms with Crippen molar-refractivity contribution in [2.75, 3.05) is 19.2 Å². The Bertz CT molecular complexity index is 1130. The van der Waals surface area contributed by atoms with Crippen molar-refractivity contribution in [2.24, 2.45) is 0 Å². The fourth-order valence-electron chi connectivity index (χ4n) is 3.21. The van der Waals surface area contributed by atoms with Crippen LogP contribution in [0.2, 0.25) is 0 Å². The molecule has 0 aromatic heterocycles. The Balaban J connectivity index is 1.47. The smallest absolute Gasteiger partial charge is 0.251 e. The fourth-order valence-corrected chi connectivity index (χ4v) is 3.21. The van der Waals surface area contributed by atoms with Crippen molar-refractivity contribution in [2.45, 2.75) is 6.04 Å². The van der Waals surface area contributed by atoms with Crippen molar-refractivity contribution < 1.29 is 23.8 Å². The SMILES string of the molecule is COc1ccc(NC(=O)C(NC(=O)/C=C/c2ccc3c(c2)OCO3)c2ccccc2)cc1. The van der Waals surface area contributed by atoms with Crippen LogP contribution in [0.15, 0.2) is 78.9 Å². The van der Waals surface area contributed by atoms with Gasteiger partial charge in [0.2, 0.25) is 12.7 Å². The first kappa shape index (κ1) is 21.0. The molecule has 0 radical (unpaired) electrons. The van der Waals surface area contributed by atoms with Crippen LogP contribution in [0.1, 0.15) is 17.2 Å². The molecule has 2 N–H and O–H groups in total. The summed E-state index contributed by atoms with van der Waals surface area (Å²) in [5, 5.41) is 5.62. The monoisotopic (exact) mass is 430 g/mol. The first-order valence-corrected chi connectivity index (χ1v) is 10.0. The van der Waals surface area contributed by atoms with Crippen LogP contribution in [0.25, 0.3) is 6.08 Å². The second-order valence-corrected chi connectivity index (χ2v) is 7.02. The van der Waals surface area contributed by atoms with E-state index in [-0.39, 0.29) is 12.7 Å². The Labute approximate surface area is 185 Å². The molecule has 0 saturated heterocycles. The van der Waals surface area contributed by atoms with Gasteiger partial charge in [-0.25, -0.2) is 0 Å². The molecular weight excluding hydrogens is 408 g/mol. The van der Waals surface area contributed by atoms with E-state index in [4.69, 9.17) is 14.2 Å². The Morgan fingerprint density at radius 1 is 0.969 bits per heavy atom. The highest BCUT2D eigenvalue weighted by molar-refractivity contribution is 6.00. The van der Waals surface area contributed by atoms with Gasteiger partial charge in [-0.15, -0.1) is 0 Å². The van der Waals surface area contributed by atoms with E-state index in [1.165, 1.54) is 6.08 Å². The zero-order chi connectivity index (χ0) is 22.3. The number of nitrogens with one attached hydrogen (secondary N) is 2. The molecule has 0 fully saturated rings. The number of hydrogen-bond donors (Lipinski definition) is 2. The van der Waals surface area contributed by atoms with Gasteiger partial charge in [-0.05, 0) is 53.6 Å². The van der Waals surface area contributed by atoms with Gasteiger partial charge in [-0.1, -0.05) is 36.4 Å². The molecule has 1 aliphatic heterocycles. The Morgan fingerprint density at radius 3 is 2.47 bits per heavy atom. The van der Waals surface area contributed by atoms with Crippen LogP contribution < -0.4 is 24.8 Å². The number of anilines is 1. The quantitative estimate of drug-likeness (QED) is 0.555. The number of benzene rings is 3. The number of methoxy groups -OCH3 is 1. The minimum Gasteiger partial charge on any atom is -0.497 e. The molecule has 0 aliphatic carbocycles. The van der Waals surface area contributed by atoms with Gasteiger partial charge >= 0.3 is 0 Å². The predicted octanol–water partition coefficient (Wildman–Crippen LogP) is 3.93. The van der Waals surface area contributed by atoms with Gasteiger partial charge < -0.3 is 24.8 Å². The van der Waals surface area contributed by atoms with Crippen LogP contribution in [0.5, 0.6) is 17.2 Å². The summed E-state index contributed by atoms with van der Waals surface area (Å²) in [6.07, 6.45) is 3.04. The summed E-state index contributed by atoms with van der Waals surface area (Å²) in [7, 11) is 1.58. The summed E-state index contributed by atoms with van der Waals surface area (Å²) in [6.45, 7) is 0.186. The van der Waals surface area contributed by atoms with Crippen LogP contribution in [-0.4, -0.2) is 25.7 Å². The van der Waals surface area contributed by atoms with Crippen molar-refractivity contribution in [3.8, 4) is 17.2 Å². The van der Waals surface area contributed by atoms with Gasteiger partial charge in [0.15, 0.2) is 11.5 Å². The second-order valence-electron chi connectivity index (χ2n) is 7.02. The third-order valence-electron chi connectivity index (χ3n) is 4.86. The number of fused-ring (bicyclic) bond motifs is 1. The lowest BCUT2D eigenvalue weighted by molar-refractivity contribution is -0.123. The van der Waals surface area contributed by atoms with Crippen molar-refractivity contribution >= 4 is 23.6 Å². The molecule has 0 bridgehead atoms. The van der Waals surface area contributed by atoms with Crippen LogP contribution >= 0.6 is 0 Å². The summed E-state index contributed by atoms with van der Waals surface area (Å²) >= 11 is 0. The molecule has 1 unspecified atom stereocenters. The van der Waals surface area contributed by atoms with Crippen molar-refractivity contribution in [3.05, 3.63) is 90.0 Å². The number of amides is 2. The van der Waals surface area contributed by atoms with Crippen molar-refractivity contribution in [3.63, 3.8) is 0 Å². The third-order valence-corrected chi connectivity index (χ3v) is 4.86. The van der Waals surface area contributed by atoms with Gasteiger partial charge in [0.25, 0.3) is 5.91 Å². The average Bonchev–Trinajstić information content (AvgIpc) is 3.30. The number of carbonyl (C=O) groups excluding carboxylic acids is 2. The molecular formula is C25H22N2O5. The number of hydrogen-bond acceptors (Lipinski definition) is 5. The predicted molar refractivity (Wildman–Crippen MR) is 121 cm³/mol. The van der Waals surface area contributed by atoms with Gasteiger partial charge in [0, 0.05) is 11.8 Å². The molecule has 4 rings (SSSR count). The van der Waals surface area contributed by atoms with Crippen LogP contribution in [0.4, 0.5) is 5.69 Å². The summed E-state index contributed by atoms with van der Waals surface area (Å²) in [5.74, 6) is 1.23. The maximum absolute atomic E-state index is 13.0. The largest absolute Gasteiger partial charge is 0.497 e. The zero-order valence-electron chi connectivity index (χ0n) is 17.4. The average molecular weight is 430 g/mol. The Kier molecular flexibility index (Phi) is 6.36. The molecule has 7 heteroatoms. The highest BCUT2D eigenvalue weighted by Crippen LogP contribution is 2.32. The van der Waals surface area contributed by atoms with Gasteiger partial charge in [0.05, 0.1) is 7.11 Å². The molecule has 3 aromatic carbocycles. The third kappa shape index (κ3) is 5.07. The van der Waals surface area contributed by atoms with Gasteiger partial charge in [0.1, 0.15) is 11.8 Å². The van der Waals surface area contributed by atoms with Crippen LogP contribution in [0, 0.1) is 0 Å². The fraction of sp³-hybridized carbons (Fsp3) is 0.120. The van der Waals surface area contributed by atoms with E-state index in [0.29, 0.717) is 28.5 Å². The second kappa shape index (κ2) is 9.70. The lowest BCUT2D eigenvalue weighted by atomic mass is 10.1. The summed E-state index contributed by atoms with van der Waals surface area (Å²) < 4.78 is 15.8. The first-order chi connectivity index (χ1) is 15.6. The van der Waals surface area contributed by atoms with Crippen LogP contribution in [-0.2, 0) is 9.59 Å². The standard InChI is InChI=1S/C25H22N2O5/c1-30-20-11-9-19(10-12-20)26-25(29)24(18-5-3-2-4-6-18)27-23(28)14-8-17-7-13-21-22(15-17)32-16-31-21/h2-15,24H,16H2,1H3,(H,26,29)(H,27,28)/b14-8+. The maximum atomic E-state index is 13.0. The van der Waals surface area contributed by atoms with E-state index >= 15 is 0 Å². The van der Waals surface area contributed by atoms with E-state index < -0.39 is 11.9 Å². The molecule has 0 spiro atoms. The van der Waals surface area contributed by atoms with Crippen molar-refractivity contribution in [1.82, 2.24) is 5.32 Å². The lowest BCUT2D eigenvalue weighted by Crippen LogP contribution is -2.36. The highest BCUT2D eigenvalue weighted by atomic mass is 16.7. The van der Waals surface area contributed by atoms with E-state index in [1.807, 2.05) is 24.3 Å². The van der Waals surface area contributed by atoms with Crippen LogP contribution in [0.3, 0.4) is 0 Å². The van der Waals surface area contributed by atoms with Gasteiger partial charge in [-0.2, -0.15) is 0 Å². The highest BCUT2D eigenvalue weighted by Gasteiger charge is 2.22. The van der Waals surface area contributed by atoms with E-state index in [0.717, 1.165) is 5.56 Å². The van der Waals surface area contributed by atoms with Crippen molar-refractivity contribution in [1.29, 1.82) is 0 Å². The minimum absolute atomic E-state index is 0.186. The number of carbonyl (C=O) groups is 2. The molecule has 1 aliphatic rings. The molecule has 162 valence electrons. The molecule has 0 saturated carbocycles. The zero-order valence-corrected chi connectivity index (χ0v) is 17.4. The lowest BCUT2D eigenvalue weighted by Gasteiger charge is -2.18. The molecule has 1 atom stereocenters. The Morgan fingerprint density at radius 2 is 1.72 bits per heavy atom. The molecule has 2 amide bonds. The molecule has 32 heavy (non-hydrogen) atoms. The van der Waals surface area contributed by atoms with E-state index in [9.17, 15) is 9.59 Å². The summed E-state index contributed by atoms with van der Waals surface area (Å²) in [4.78, 5) is 25.6. The summed E-state index contributed by atoms with van der Waals surface area (Å²) in [6, 6.07) is 20.6. The minimum atomic E-state index is -0.868. The summed E-state index contributed by atoms with van der Waals surface area (Å²) in [5.41, 5.74) is 2.05. The topological polar surface area (TPSA) is 85.9 Å². The van der Waals surface area contributed by atoms with E-state index in [1.54, 1.807) is 61.7 Å². The maximum Gasteiger partial charge on any atom is 0.251 e. The normalized spacial score (nSPS) is 12.9. The van der Waals surface area contributed by atoms with Gasteiger partial charge in [-0.3, -0.25) is 9.59 Å².